The highest BCUT2D eigenvalue weighted by Crippen LogP contribution is 2.23. The highest BCUT2D eigenvalue weighted by molar-refractivity contribution is 5.79. The maximum absolute atomic E-state index is 5.83. The van der Waals surface area contributed by atoms with Crippen LogP contribution in [0.15, 0.2) is 42.0 Å². The summed E-state index contributed by atoms with van der Waals surface area (Å²) in [5, 5.41) is 6.69. The second kappa shape index (κ2) is 8.11. The summed E-state index contributed by atoms with van der Waals surface area (Å²) in [6.45, 7) is 7.22. The van der Waals surface area contributed by atoms with E-state index in [0.717, 1.165) is 49.9 Å². The van der Waals surface area contributed by atoms with Gasteiger partial charge in [-0.25, -0.2) is 15.0 Å². The molecule has 0 radical (unpaired) electrons. The number of pyridine rings is 1. The molecule has 2 N–H and O–H groups in total. The summed E-state index contributed by atoms with van der Waals surface area (Å²) in [6.07, 6.45) is 9.36. The van der Waals surface area contributed by atoms with E-state index in [1.54, 1.807) is 18.7 Å². The van der Waals surface area contributed by atoms with Crippen LogP contribution in [0.3, 0.4) is 0 Å². The van der Waals surface area contributed by atoms with Gasteiger partial charge in [-0.2, -0.15) is 0 Å². The first kappa shape index (κ1) is 17.4. The summed E-state index contributed by atoms with van der Waals surface area (Å²) >= 11 is 0. The molecule has 0 aromatic carbocycles. The summed E-state index contributed by atoms with van der Waals surface area (Å²) < 4.78 is 7.71. The standard InChI is InChI=1S/C18H26N6O/c1-3-20-17(23-13-18(2)6-4-10-25-18)22-12-15-5-7-21-16(11-15)24-9-8-19-14-24/h5,7-9,11,14H,3-4,6,10,12-13H2,1-2H3,(H2,20,22,23). The highest BCUT2D eigenvalue weighted by atomic mass is 16.5. The van der Waals surface area contributed by atoms with Crippen LogP contribution < -0.4 is 10.6 Å². The van der Waals surface area contributed by atoms with Gasteiger partial charge in [-0.15, -0.1) is 0 Å². The van der Waals surface area contributed by atoms with Crippen LogP contribution in [0.5, 0.6) is 0 Å². The van der Waals surface area contributed by atoms with Gasteiger partial charge in [-0.3, -0.25) is 4.57 Å². The first-order chi connectivity index (χ1) is 12.2. The van der Waals surface area contributed by atoms with Crippen LogP contribution in [-0.4, -0.2) is 45.8 Å². The van der Waals surface area contributed by atoms with Crippen molar-refractivity contribution in [3.05, 3.63) is 42.6 Å². The summed E-state index contributed by atoms with van der Waals surface area (Å²) in [7, 11) is 0. The van der Waals surface area contributed by atoms with Gasteiger partial charge < -0.3 is 15.4 Å². The lowest BCUT2D eigenvalue weighted by atomic mass is 10.0. The fourth-order valence-electron chi connectivity index (χ4n) is 2.85. The molecule has 1 atom stereocenters. The minimum atomic E-state index is -0.0958. The predicted octanol–water partition coefficient (Wildman–Crippen LogP) is 1.89. The topological polar surface area (TPSA) is 76.4 Å². The van der Waals surface area contributed by atoms with Crippen molar-refractivity contribution in [2.45, 2.75) is 38.8 Å². The molecule has 7 heteroatoms. The number of nitrogens with zero attached hydrogens (tertiary/aromatic N) is 4. The quantitative estimate of drug-likeness (QED) is 0.619. The number of hydrogen-bond donors (Lipinski definition) is 2. The molecule has 2 aromatic heterocycles. The molecule has 3 rings (SSSR count). The molecule has 134 valence electrons. The first-order valence-corrected chi connectivity index (χ1v) is 8.78. The molecular formula is C18H26N6O. The number of aromatic nitrogens is 3. The zero-order valence-electron chi connectivity index (χ0n) is 14.9. The molecule has 7 nitrogen and oxygen atoms in total. The average Bonchev–Trinajstić information content (AvgIpc) is 3.30. The number of ether oxygens (including phenoxy) is 1. The lowest BCUT2D eigenvalue weighted by molar-refractivity contribution is 0.0243. The van der Waals surface area contributed by atoms with Crippen molar-refractivity contribution in [3.8, 4) is 5.82 Å². The van der Waals surface area contributed by atoms with Gasteiger partial charge in [0.25, 0.3) is 0 Å². The van der Waals surface area contributed by atoms with E-state index < -0.39 is 0 Å². The van der Waals surface area contributed by atoms with E-state index in [1.165, 1.54) is 0 Å². The van der Waals surface area contributed by atoms with E-state index in [1.807, 2.05) is 22.9 Å². The molecule has 1 aliphatic heterocycles. The van der Waals surface area contributed by atoms with Crippen LogP contribution in [0.1, 0.15) is 32.3 Å². The van der Waals surface area contributed by atoms with Crippen LogP contribution in [0, 0.1) is 0 Å². The van der Waals surface area contributed by atoms with Gasteiger partial charge in [-0.05, 0) is 44.4 Å². The van der Waals surface area contributed by atoms with Gasteiger partial charge in [-0.1, -0.05) is 0 Å². The molecular weight excluding hydrogens is 316 g/mol. The zero-order valence-corrected chi connectivity index (χ0v) is 14.9. The van der Waals surface area contributed by atoms with Gasteiger partial charge in [0, 0.05) is 38.3 Å². The summed E-state index contributed by atoms with van der Waals surface area (Å²) in [5.74, 6) is 1.65. The Balaban J connectivity index is 1.64. The van der Waals surface area contributed by atoms with Crippen molar-refractivity contribution < 1.29 is 4.74 Å². The van der Waals surface area contributed by atoms with Gasteiger partial charge in [0.1, 0.15) is 12.1 Å². The van der Waals surface area contributed by atoms with Crippen LogP contribution in [0.25, 0.3) is 5.82 Å². The van der Waals surface area contributed by atoms with Crippen molar-refractivity contribution in [1.29, 1.82) is 0 Å². The average molecular weight is 342 g/mol. The minimum Gasteiger partial charge on any atom is -0.373 e. The maximum atomic E-state index is 5.83. The largest absolute Gasteiger partial charge is 0.373 e. The Labute approximate surface area is 148 Å². The molecule has 3 heterocycles. The van der Waals surface area contributed by atoms with Gasteiger partial charge in [0.15, 0.2) is 5.96 Å². The van der Waals surface area contributed by atoms with E-state index in [9.17, 15) is 0 Å². The summed E-state index contributed by atoms with van der Waals surface area (Å²) in [6, 6.07) is 4.00. The maximum Gasteiger partial charge on any atom is 0.191 e. The van der Waals surface area contributed by atoms with Crippen LogP contribution >= 0.6 is 0 Å². The van der Waals surface area contributed by atoms with E-state index in [0.29, 0.717) is 6.54 Å². The minimum absolute atomic E-state index is 0.0958. The van der Waals surface area contributed by atoms with Gasteiger partial charge in [0.2, 0.25) is 0 Å². The van der Waals surface area contributed by atoms with E-state index in [2.05, 4.69) is 39.4 Å². The Morgan fingerprint density at radius 1 is 1.40 bits per heavy atom. The van der Waals surface area contributed by atoms with Crippen LogP contribution in [0.4, 0.5) is 0 Å². The number of aliphatic imine (C=N–C) groups is 1. The van der Waals surface area contributed by atoms with E-state index in [-0.39, 0.29) is 5.60 Å². The summed E-state index contributed by atoms with van der Waals surface area (Å²) in [4.78, 5) is 13.1. The molecule has 0 spiro atoms. The highest BCUT2D eigenvalue weighted by Gasteiger charge is 2.29. The fourth-order valence-corrected chi connectivity index (χ4v) is 2.85. The predicted molar refractivity (Wildman–Crippen MR) is 97.8 cm³/mol. The summed E-state index contributed by atoms with van der Waals surface area (Å²) in [5.41, 5.74) is 1.00. The van der Waals surface area contributed by atoms with Crippen molar-refractivity contribution >= 4 is 5.96 Å². The number of imidazole rings is 1. The van der Waals surface area contributed by atoms with Gasteiger partial charge >= 0.3 is 0 Å². The van der Waals surface area contributed by atoms with Crippen molar-refractivity contribution in [2.75, 3.05) is 19.7 Å². The van der Waals surface area contributed by atoms with Crippen molar-refractivity contribution in [1.82, 2.24) is 25.2 Å². The number of rotatable bonds is 6. The Kier molecular flexibility index (Phi) is 5.65. The van der Waals surface area contributed by atoms with Crippen molar-refractivity contribution in [2.24, 2.45) is 4.99 Å². The second-order valence-corrected chi connectivity index (χ2v) is 6.44. The number of nitrogens with one attached hydrogen (secondary N) is 2. The normalized spacial score (nSPS) is 20.6. The second-order valence-electron chi connectivity index (χ2n) is 6.44. The molecule has 1 saturated heterocycles. The Hall–Kier alpha value is -2.41. The SMILES string of the molecule is CCNC(=NCc1ccnc(-n2ccnc2)c1)NCC1(C)CCCO1. The van der Waals surface area contributed by atoms with Crippen LogP contribution in [-0.2, 0) is 11.3 Å². The van der Waals surface area contributed by atoms with Crippen molar-refractivity contribution in [3.63, 3.8) is 0 Å². The number of hydrogen-bond acceptors (Lipinski definition) is 4. The molecule has 1 aliphatic rings. The Morgan fingerprint density at radius 2 is 2.32 bits per heavy atom. The third-order valence-corrected chi connectivity index (χ3v) is 4.27. The smallest absolute Gasteiger partial charge is 0.191 e. The van der Waals surface area contributed by atoms with Crippen LogP contribution in [0.2, 0.25) is 0 Å². The monoisotopic (exact) mass is 342 g/mol. The molecule has 1 fully saturated rings. The van der Waals surface area contributed by atoms with Gasteiger partial charge in [0.05, 0.1) is 12.1 Å². The third kappa shape index (κ3) is 4.79. The first-order valence-electron chi connectivity index (χ1n) is 8.78. The lowest BCUT2D eigenvalue weighted by Crippen LogP contribution is -2.45. The molecule has 0 amide bonds. The molecule has 25 heavy (non-hydrogen) atoms. The molecule has 0 saturated carbocycles. The van der Waals surface area contributed by atoms with E-state index in [4.69, 9.17) is 4.74 Å². The lowest BCUT2D eigenvalue weighted by Gasteiger charge is -2.24. The molecule has 1 unspecified atom stereocenters. The Morgan fingerprint density at radius 3 is 3.04 bits per heavy atom. The molecule has 0 bridgehead atoms. The zero-order chi connectivity index (χ0) is 17.5. The van der Waals surface area contributed by atoms with E-state index >= 15 is 0 Å². The molecule has 0 aliphatic carbocycles. The Bertz CT molecular complexity index is 691. The fraction of sp³-hybridized carbons (Fsp3) is 0.500. The third-order valence-electron chi connectivity index (χ3n) is 4.27. The molecule has 2 aromatic rings. The number of guanidine groups is 1.